The van der Waals surface area contributed by atoms with Crippen molar-refractivity contribution in [3.05, 3.63) is 41.2 Å². The summed E-state index contributed by atoms with van der Waals surface area (Å²) in [7, 11) is 0. The fourth-order valence-corrected chi connectivity index (χ4v) is 3.56. The van der Waals surface area contributed by atoms with E-state index in [-0.39, 0.29) is 5.91 Å². The first kappa shape index (κ1) is 13.8. The van der Waals surface area contributed by atoms with Crippen LogP contribution in [0.4, 0.5) is 0 Å². The van der Waals surface area contributed by atoms with Crippen molar-refractivity contribution in [2.24, 2.45) is 5.73 Å². The number of carbonyl (C=O) groups is 1. The molecule has 0 atom stereocenters. The molecule has 0 unspecified atom stereocenters. The van der Waals surface area contributed by atoms with Gasteiger partial charge in [-0.05, 0) is 43.4 Å². The lowest BCUT2D eigenvalue weighted by molar-refractivity contribution is 0.100. The van der Waals surface area contributed by atoms with Crippen LogP contribution >= 0.6 is 11.8 Å². The third kappa shape index (κ3) is 2.75. The molecule has 6 heteroatoms. The van der Waals surface area contributed by atoms with E-state index >= 15 is 0 Å². The van der Waals surface area contributed by atoms with Crippen molar-refractivity contribution in [3.8, 4) is 0 Å². The number of nitrogens with two attached hydrogens (primary N) is 1. The van der Waals surface area contributed by atoms with Crippen molar-refractivity contribution in [1.82, 2.24) is 14.8 Å². The summed E-state index contributed by atoms with van der Waals surface area (Å²) in [6.07, 6.45) is 5.01. The van der Waals surface area contributed by atoms with Gasteiger partial charge in [0.1, 0.15) is 5.82 Å². The molecule has 0 spiro atoms. The Balaban J connectivity index is 1.48. The molecule has 1 aromatic heterocycles. The van der Waals surface area contributed by atoms with Gasteiger partial charge in [-0.25, -0.2) is 0 Å². The van der Waals surface area contributed by atoms with E-state index in [1.165, 1.54) is 31.5 Å². The highest BCUT2D eigenvalue weighted by atomic mass is 32.2. The summed E-state index contributed by atoms with van der Waals surface area (Å²) < 4.78 is 2.36. The molecule has 2 aliphatic carbocycles. The van der Waals surface area contributed by atoms with E-state index in [9.17, 15) is 4.79 Å². The van der Waals surface area contributed by atoms with Gasteiger partial charge < -0.3 is 10.3 Å². The van der Waals surface area contributed by atoms with Gasteiger partial charge in [0.2, 0.25) is 5.91 Å². The lowest BCUT2D eigenvalue weighted by Gasteiger charge is -2.08. The van der Waals surface area contributed by atoms with E-state index in [1.54, 1.807) is 23.9 Å². The van der Waals surface area contributed by atoms with E-state index in [0.29, 0.717) is 17.5 Å². The molecule has 1 heterocycles. The van der Waals surface area contributed by atoms with Crippen LogP contribution in [0.2, 0.25) is 0 Å². The first-order chi connectivity index (χ1) is 10.7. The predicted molar refractivity (Wildman–Crippen MR) is 84.8 cm³/mol. The smallest absolute Gasteiger partial charge is 0.248 e. The first-order valence-electron chi connectivity index (χ1n) is 7.68. The molecule has 2 aromatic rings. The molecule has 0 saturated heterocycles. The lowest BCUT2D eigenvalue weighted by atomic mass is 10.1. The Morgan fingerprint density at radius 2 is 1.91 bits per heavy atom. The number of hydrogen-bond donors (Lipinski definition) is 1. The van der Waals surface area contributed by atoms with Crippen LogP contribution in [0.1, 0.15) is 59.4 Å². The number of aromatic nitrogens is 3. The molecular formula is C16H18N4OS. The third-order valence-corrected chi connectivity index (χ3v) is 5.17. The van der Waals surface area contributed by atoms with E-state index in [1.807, 2.05) is 12.1 Å². The van der Waals surface area contributed by atoms with Crippen molar-refractivity contribution in [3.63, 3.8) is 0 Å². The highest BCUT2D eigenvalue weighted by molar-refractivity contribution is 7.98. The minimum Gasteiger partial charge on any atom is -0.366 e. The minimum absolute atomic E-state index is 0.387. The maximum Gasteiger partial charge on any atom is 0.248 e. The summed E-state index contributed by atoms with van der Waals surface area (Å²) >= 11 is 1.72. The van der Waals surface area contributed by atoms with Gasteiger partial charge in [-0.3, -0.25) is 4.79 Å². The highest BCUT2D eigenvalue weighted by Gasteiger charge is 2.36. The normalized spacial score (nSPS) is 17.6. The summed E-state index contributed by atoms with van der Waals surface area (Å²) in [5, 5.41) is 9.85. The molecule has 1 amide bonds. The molecule has 0 bridgehead atoms. The summed E-state index contributed by atoms with van der Waals surface area (Å²) in [6, 6.07) is 8.07. The summed E-state index contributed by atoms with van der Waals surface area (Å²) in [5.74, 6) is 2.27. The number of thioether (sulfide) groups is 1. The van der Waals surface area contributed by atoms with Crippen LogP contribution in [0.15, 0.2) is 29.4 Å². The van der Waals surface area contributed by atoms with Crippen LogP contribution in [-0.2, 0) is 5.75 Å². The molecule has 0 aliphatic heterocycles. The quantitative estimate of drug-likeness (QED) is 0.832. The second kappa shape index (κ2) is 5.43. The van der Waals surface area contributed by atoms with Gasteiger partial charge in [0, 0.05) is 23.3 Å². The standard InChI is InChI=1S/C16H18N4OS/c17-14(21)11-3-1-10(2-4-11)9-22-16-19-18-15(12-5-6-12)20(16)13-7-8-13/h1-4,12-13H,5-9H2,(H2,17,21). The fraction of sp³-hybridized carbons (Fsp3) is 0.438. The summed E-state index contributed by atoms with van der Waals surface area (Å²) in [4.78, 5) is 11.1. The third-order valence-electron chi connectivity index (χ3n) is 4.15. The van der Waals surface area contributed by atoms with Crippen LogP contribution in [0.25, 0.3) is 0 Å². The maximum atomic E-state index is 11.1. The van der Waals surface area contributed by atoms with Gasteiger partial charge >= 0.3 is 0 Å². The lowest BCUT2D eigenvalue weighted by Crippen LogP contribution is -2.10. The Hall–Kier alpha value is -1.82. The molecule has 0 radical (unpaired) electrons. The van der Waals surface area contributed by atoms with Gasteiger partial charge in [-0.2, -0.15) is 0 Å². The Kier molecular flexibility index (Phi) is 3.41. The van der Waals surface area contributed by atoms with Crippen LogP contribution < -0.4 is 5.73 Å². The minimum atomic E-state index is -0.387. The van der Waals surface area contributed by atoms with Gasteiger partial charge in [-0.15, -0.1) is 10.2 Å². The van der Waals surface area contributed by atoms with Crippen molar-refractivity contribution in [2.45, 2.75) is 48.6 Å². The van der Waals surface area contributed by atoms with Crippen molar-refractivity contribution < 1.29 is 4.79 Å². The number of benzene rings is 1. The zero-order valence-electron chi connectivity index (χ0n) is 12.2. The van der Waals surface area contributed by atoms with Crippen LogP contribution in [0, 0.1) is 0 Å². The molecule has 1 aromatic carbocycles. The Morgan fingerprint density at radius 1 is 1.18 bits per heavy atom. The van der Waals surface area contributed by atoms with Gasteiger partial charge in [0.25, 0.3) is 0 Å². The van der Waals surface area contributed by atoms with Gasteiger partial charge in [0.15, 0.2) is 5.16 Å². The van der Waals surface area contributed by atoms with Crippen LogP contribution in [0.5, 0.6) is 0 Å². The molecule has 2 fully saturated rings. The van der Waals surface area contributed by atoms with Crippen LogP contribution in [-0.4, -0.2) is 20.7 Å². The number of carbonyl (C=O) groups excluding carboxylic acids is 1. The monoisotopic (exact) mass is 314 g/mol. The average molecular weight is 314 g/mol. The Labute approximate surface area is 133 Å². The summed E-state index contributed by atoms with van der Waals surface area (Å²) in [6.45, 7) is 0. The maximum absolute atomic E-state index is 11.1. The summed E-state index contributed by atoms with van der Waals surface area (Å²) in [5.41, 5.74) is 6.97. The predicted octanol–water partition coefficient (Wildman–Crippen LogP) is 2.88. The molecule has 22 heavy (non-hydrogen) atoms. The van der Waals surface area contributed by atoms with Gasteiger partial charge in [-0.1, -0.05) is 23.9 Å². The van der Waals surface area contributed by atoms with Crippen molar-refractivity contribution in [2.75, 3.05) is 0 Å². The van der Waals surface area contributed by atoms with E-state index in [2.05, 4.69) is 14.8 Å². The van der Waals surface area contributed by atoms with Crippen LogP contribution in [0.3, 0.4) is 0 Å². The molecule has 114 valence electrons. The molecular weight excluding hydrogens is 296 g/mol. The van der Waals surface area contributed by atoms with E-state index < -0.39 is 0 Å². The number of rotatable bonds is 6. The molecule has 5 nitrogen and oxygen atoms in total. The number of hydrogen-bond acceptors (Lipinski definition) is 4. The zero-order chi connectivity index (χ0) is 15.1. The largest absolute Gasteiger partial charge is 0.366 e. The van der Waals surface area contributed by atoms with Gasteiger partial charge in [0.05, 0.1) is 0 Å². The second-order valence-corrected chi connectivity index (χ2v) is 7.01. The highest BCUT2D eigenvalue weighted by Crippen LogP contribution is 2.46. The zero-order valence-corrected chi connectivity index (χ0v) is 13.1. The van der Waals surface area contributed by atoms with E-state index in [4.69, 9.17) is 5.73 Å². The Bertz CT molecular complexity index is 701. The SMILES string of the molecule is NC(=O)c1ccc(CSc2nnc(C3CC3)n2C2CC2)cc1. The first-order valence-corrected chi connectivity index (χ1v) is 8.67. The topological polar surface area (TPSA) is 73.8 Å². The fourth-order valence-electron chi connectivity index (χ4n) is 2.60. The number of nitrogens with zero attached hydrogens (tertiary/aromatic N) is 3. The molecule has 2 saturated carbocycles. The second-order valence-electron chi connectivity index (χ2n) is 6.07. The number of amides is 1. The molecule has 4 rings (SSSR count). The van der Waals surface area contributed by atoms with Crippen molar-refractivity contribution in [1.29, 1.82) is 0 Å². The van der Waals surface area contributed by atoms with Crippen molar-refractivity contribution >= 4 is 17.7 Å². The van der Waals surface area contributed by atoms with E-state index in [0.717, 1.165) is 16.5 Å². The molecule has 2 aliphatic rings. The Morgan fingerprint density at radius 3 is 2.50 bits per heavy atom. The number of primary amides is 1. The molecule has 2 N–H and O–H groups in total. The average Bonchev–Trinajstić information content (AvgIpc) is 3.44.